The van der Waals surface area contributed by atoms with Gasteiger partial charge in [0, 0.05) is 24.7 Å². The second-order valence-electron chi connectivity index (χ2n) is 14.6. The van der Waals surface area contributed by atoms with Crippen LogP contribution < -0.4 is 20.3 Å². The fraction of sp³-hybridized carbons (Fsp3) is 0.500. The molecule has 10 nitrogen and oxygen atoms in total. The Kier molecular flexibility index (Phi) is 16.5. The van der Waals surface area contributed by atoms with Gasteiger partial charge in [0.25, 0.3) is 0 Å². The van der Waals surface area contributed by atoms with Crippen molar-refractivity contribution in [3.63, 3.8) is 0 Å². The summed E-state index contributed by atoms with van der Waals surface area (Å²) < 4.78 is 22.3. The molecule has 2 N–H and O–H groups in total. The van der Waals surface area contributed by atoms with Gasteiger partial charge in [0.1, 0.15) is 5.75 Å². The Bertz CT molecular complexity index is 1560. The van der Waals surface area contributed by atoms with Gasteiger partial charge in [-0.15, -0.1) is 0 Å². The van der Waals surface area contributed by atoms with E-state index in [9.17, 15) is 14.4 Å². The van der Waals surface area contributed by atoms with Gasteiger partial charge in [0.15, 0.2) is 6.10 Å². The van der Waals surface area contributed by atoms with Crippen molar-refractivity contribution < 1.29 is 33.3 Å². The molecule has 0 saturated carbocycles. The van der Waals surface area contributed by atoms with Crippen LogP contribution in [0.1, 0.15) is 90.8 Å². The molecular weight excluding hydrogens is 658 g/mol. The number of ether oxygens (including phenoxy) is 4. The molecular formula is C42H59N3O7. The zero-order valence-electron chi connectivity index (χ0n) is 32.7. The number of hydrogen-bond acceptors (Lipinski definition) is 8. The Hall–Kier alpha value is -4.57. The molecule has 284 valence electrons. The third-order valence-electron chi connectivity index (χ3n) is 8.48. The molecule has 0 radical (unpaired) electrons. The molecule has 0 bridgehead atoms. The van der Waals surface area contributed by atoms with Crippen LogP contribution in [0.4, 0.5) is 21.9 Å². The molecule has 0 spiro atoms. The van der Waals surface area contributed by atoms with E-state index in [0.29, 0.717) is 29.6 Å². The van der Waals surface area contributed by atoms with Crippen LogP contribution in [0.2, 0.25) is 0 Å². The van der Waals surface area contributed by atoms with Crippen LogP contribution in [0.15, 0.2) is 66.7 Å². The van der Waals surface area contributed by atoms with Crippen molar-refractivity contribution in [3.8, 4) is 5.75 Å². The van der Waals surface area contributed by atoms with Gasteiger partial charge in [-0.05, 0) is 85.5 Å². The lowest BCUT2D eigenvalue weighted by Crippen LogP contribution is -2.34. The number of aryl methyl sites for hydroxylation is 1. The number of methoxy groups -OCH3 is 1. The second-order valence-corrected chi connectivity index (χ2v) is 14.6. The van der Waals surface area contributed by atoms with Crippen LogP contribution in [0.25, 0.3) is 0 Å². The van der Waals surface area contributed by atoms with Gasteiger partial charge in [-0.3, -0.25) is 4.79 Å². The standard InChI is InChI=1S/C42H59N3O7/c1-11-33(23-39(46)51-41(29(6)7)52-40(47)31(9)50-26-32-14-19-36(49-10)20-15-32)34-16-21-38(45(24-27(2)3)25-28(4)5)37(22-34)44-42(48)43-35-17-12-30(8)13-18-35/h12-22,27-29,31,33,41H,11,23-26H2,1-10H3,(H2,43,44,48). The Morgan fingerprint density at radius 3 is 1.98 bits per heavy atom. The molecule has 0 aliphatic carbocycles. The third-order valence-corrected chi connectivity index (χ3v) is 8.48. The average molecular weight is 718 g/mol. The maximum atomic E-state index is 13.4. The van der Waals surface area contributed by atoms with Gasteiger partial charge >= 0.3 is 18.0 Å². The first kappa shape index (κ1) is 41.8. The van der Waals surface area contributed by atoms with Crippen molar-refractivity contribution in [2.24, 2.45) is 17.8 Å². The summed E-state index contributed by atoms with van der Waals surface area (Å²) in [6.07, 6.45) is -1.23. The molecule has 0 fully saturated rings. The van der Waals surface area contributed by atoms with Crippen LogP contribution in [0.3, 0.4) is 0 Å². The Labute approximate surface area is 310 Å². The maximum Gasteiger partial charge on any atom is 0.338 e. The van der Waals surface area contributed by atoms with E-state index in [1.165, 1.54) is 0 Å². The smallest absolute Gasteiger partial charge is 0.338 e. The number of benzene rings is 3. The zero-order chi connectivity index (χ0) is 38.4. The van der Waals surface area contributed by atoms with Gasteiger partial charge < -0.3 is 34.5 Å². The van der Waals surface area contributed by atoms with Crippen molar-refractivity contribution in [1.29, 1.82) is 0 Å². The van der Waals surface area contributed by atoms with Crippen molar-refractivity contribution in [2.45, 2.75) is 100 Å². The minimum absolute atomic E-state index is 0.0663. The zero-order valence-corrected chi connectivity index (χ0v) is 32.7. The Balaban J connectivity index is 1.75. The summed E-state index contributed by atoms with van der Waals surface area (Å²) in [4.78, 5) is 41.9. The number of nitrogens with one attached hydrogen (secondary N) is 2. The molecule has 52 heavy (non-hydrogen) atoms. The number of rotatable bonds is 19. The molecule has 3 aromatic carbocycles. The maximum absolute atomic E-state index is 13.4. The molecule has 3 atom stereocenters. The lowest BCUT2D eigenvalue weighted by molar-refractivity contribution is -0.203. The topological polar surface area (TPSA) is 115 Å². The summed E-state index contributed by atoms with van der Waals surface area (Å²) in [6, 6.07) is 20.7. The molecule has 0 aliphatic rings. The predicted octanol–water partition coefficient (Wildman–Crippen LogP) is 9.32. The van der Waals surface area contributed by atoms with E-state index in [4.69, 9.17) is 18.9 Å². The van der Waals surface area contributed by atoms with Gasteiger partial charge in [0.05, 0.1) is 31.5 Å². The Morgan fingerprint density at radius 1 is 0.788 bits per heavy atom. The molecule has 3 aromatic rings. The number of carbonyl (C=O) groups excluding carboxylic acids is 3. The second kappa shape index (κ2) is 20.5. The number of urea groups is 1. The molecule has 0 saturated heterocycles. The number of carbonyl (C=O) groups is 3. The van der Waals surface area contributed by atoms with E-state index < -0.39 is 24.3 Å². The highest BCUT2D eigenvalue weighted by Crippen LogP contribution is 2.34. The summed E-state index contributed by atoms with van der Waals surface area (Å²) in [5.41, 5.74) is 5.14. The molecule has 0 heterocycles. The quantitative estimate of drug-likeness (QED) is 0.0932. The third kappa shape index (κ3) is 13.5. The van der Waals surface area contributed by atoms with Crippen LogP contribution >= 0.6 is 0 Å². The van der Waals surface area contributed by atoms with Crippen molar-refractivity contribution >= 4 is 35.0 Å². The Morgan fingerprint density at radius 2 is 1.42 bits per heavy atom. The minimum atomic E-state index is -1.07. The molecule has 10 heteroatoms. The molecule has 3 unspecified atom stereocenters. The van der Waals surface area contributed by atoms with E-state index in [-0.39, 0.29) is 30.9 Å². The summed E-state index contributed by atoms with van der Waals surface area (Å²) >= 11 is 0. The first-order valence-electron chi connectivity index (χ1n) is 18.4. The van der Waals surface area contributed by atoms with Crippen LogP contribution in [0.5, 0.6) is 5.75 Å². The summed E-state index contributed by atoms with van der Waals surface area (Å²) in [5, 5.41) is 6.03. The van der Waals surface area contributed by atoms with Crippen molar-refractivity contribution in [3.05, 3.63) is 83.4 Å². The highest BCUT2D eigenvalue weighted by atomic mass is 16.7. The summed E-state index contributed by atoms with van der Waals surface area (Å²) in [6.45, 7) is 19.8. The van der Waals surface area contributed by atoms with Crippen molar-refractivity contribution in [2.75, 3.05) is 35.7 Å². The van der Waals surface area contributed by atoms with Crippen LogP contribution in [0, 0.1) is 24.7 Å². The van der Waals surface area contributed by atoms with Gasteiger partial charge in [-0.25, -0.2) is 9.59 Å². The highest BCUT2D eigenvalue weighted by Gasteiger charge is 2.28. The van der Waals surface area contributed by atoms with Gasteiger partial charge in [-0.1, -0.05) is 84.4 Å². The normalized spacial score (nSPS) is 13.0. The largest absolute Gasteiger partial charge is 0.497 e. The fourth-order valence-corrected chi connectivity index (χ4v) is 5.65. The monoisotopic (exact) mass is 717 g/mol. The molecule has 0 aliphatic heterocycles. The number of anilines is 3. The van der Waals surface area contributed by atoms with Crippen LogP contribution in [-0.4, -0.2) is 50.6 Å². The first-order chi connectivity index (χ1) is 24.7. The van der Waals surface area contributed by atoms with Gasteiger partial charge in [0.2, 0.25) is 6.29 Å². The molecule has 2 amide bonds. The fourth-order valence-electron chi connectivity index (χ4n) is 5.65. The van der Waals surface area contributed by atoms with E-state index in [0.717, 1.165) is 41.2 Å². The molecule has 0 aromatic heterocycles. The van der Waals surface area contributed by atoms with E-state index >= 15 is 0 Å². The predicted molar refractivity (Wildman–Crippen MR) is 208 cm³/mol. The van der Waals surface area contributed by atoms with E-state index in [1.807, 2.05) is 94.4 Å². The minimum Gasteiger partial charge on any atom is -0.497 e. The SMILES string of the molecule is CCC(CC(=O)OC(OC(=O)C(C)OCc1ccc(OC)cc1)C(C)C)c1ccc(N(CC(C)C)CC(C)C)c(NC(=O)Nc2ccc(C)cc2)c1. The lowest BCUT2D eigenvalue weighted by atomic mass is 9.92. The summed E-state index contributed by atoms with van der Waals surface area (Å²) in [5.74, 6) is -0.0585. The van der Waals surface area contributed by atoms with Crippen molar-refractivity contribution in [1.82, 2.24) is 0 Å². The highest BCUT2D eigenvalue weighted by molar-refractivity contribution is 6.02. The van der Waals surface area contributed by atoms with Gasteiger partial charge in [-0.2, -0.15) is 0 Å². The lowest BCUT2D eigenvalue weighted by Gasteiger charge is -2.31. The molecule has 3 rings (SSSR count). The number of esters is 2. The van der Waals surface area contributed by atoms with Crippen LogP contribution in [-0.2, 0) is 30.4 Å². The number of hydrogen-bond donors (Lipinski definition) is 2. The first-order valence-corrected chi connectivity index (χ1v) is 18.4. The van der Waals surface area contributed by atoms with E-state index in [2.05, 4.69) is 43.2 Å². The summed E-state index contributed by atoms with van der Waals surface area (Å²) in [7, 11) is 1.60. The number of amides is 2. The van der Waals surface area contributed by atoms with E-state index in [1.54, 1.807) is 14.0 Å². The average Bonchev–Trinajstić information content (AvgIpc) is 3.09. The number of nitrogens with zero attached hydrogens (tertiary/aromatic N) is 1.